The van der Waals surface area contributed by atoms with Crippen molar-refractivity contribution >= 4 is 11.9 Å². The molecule has 3 N–H and O–H groups in total. The second kappa shape index (κ2) is 7.58. The summed E-state index contributed by atoms with van der Waals surface area (Å²) in [6, 6.07) is 7.50. The van der Waals surface area contributed by atoms with E-state index in [4.69, 9.17) is 10.5 Å². The molecule has 2 rings (SSSR count). The second-order valence-corrected chi connectivity index (χ2v) is 5.09. The maximum absolute atomic E-state index is 12.4. The van der Waals surface area contributed by atoms with E-state index >= 15 is 0 Å². The first-order chi connectivity index (χ1) is 11.1. The van der Waals surface area contributed by atoms with Crippen LogP contribution in [0.2, 0.25) is 0 Å². The topological polar surface area (TPSA) is 90.1 Å². The van der Waals surface area contributed by atoms with Crippen LogP contribution in [0.3, 0.4) is 0 Å². The summed E-state index contributed by atoms with van der Waals surface area (Å²) in [7, 11) is 0. The molecule has 0 saturated heterocycles. The SMILES string of the molecule is CCCOc1ccccc1-c1nc(N)nc(C)c1C(=O)NCC. The van der Waals surface area contributed by atoms with Crippen molar-refractivity contribution in [3.63, 3.8) is 0 Å². The Labute approximate surface area is 136 Å². The van der Waals surface area contributed by atoms with E-state index in [1.54, 1.807) is 6.92 Å². The van der Waals surface area contributed by atoms with Crippen LogP contribution in [0.4, 0.5) is 5.95 Å². The van der Waals surface area contributed by atoms with Gasteiger partial charge in [0.25, 0.3) is 5.91 Å². The summed E-state index contributed by atoms with van der Waals surface area (Å²) in [4.78, 5) is 20.8. The predicted molar refractivity (Wildman–Crippen MR) is 90.4 cm³/mol. The zero-order valence-corrected chi connectivity index (χ0v) is 13.7. The lowest BCUT2D eigenvalue weighted by Gasteiger charge is -2.15. The Kier molecular flexibility index (Phi) is 5.51. The Morgan fingerprint density at radius 2 is 2.00 bits per heavy atom. The third-order valence-electron chi connectivity index (χ3n) is 3.28. The molecule has 1 amide bonds. The molecule has 1 aromatic carbocycles. The first kappa shape index (κ1) is 16.7. The van der Waals surface area contributed by atoms with Gasteiger partial charge in [-0.1, -0.05) is 19.1 Å². The number of aryl methyl sites for hydroxylation is 1. The van der Waals surface area contributed by atoms with Crippen LogP contribution in [0.15, 0.2) is 24.3 Å². The largest absolute Gasteiger partial charge is 0.493 e. The Balaban J connectivity index is 2.61. The number of nitrogen functional groups attached to an aromatic ring is 1. The lowest BCUT2D eigenvalue weighted by atomic mass is 10.0. The average molecular weight is 314 g/mol. The van der Waals surface area contributed by atoms with E-state index in [9.17, 15) is 4.79 Å². The maximum atomic E-state index is 12.4. The lowest BCUT2D eigenvalue weighted by molar-refractivity contribution is 0.0955. The number of nitrogens with zero attached hydrogens (tertiary/aromatic N) is 2. The van der Waals surface area contributed by atoms with Crippen molar-refractivity contribution in [2.45, 2.75) is 27.2 Å². The second-order valence-electron chi connectivity index (χ2n) is 5.09. The standard InChI is InChI=1S/C17H22N4O2/c1-4-10-23-13-9-7-6-8-12(13)15-14(16(22)19-5-2)11(3)20-17(18)21-15/h6-9H,4-5,10H2,1-3H3,(H,19,22)(H2,18,20,21). The van der Waals surface area contributed by atoms with Gasteiger partial charge in [0.1, 0.15) is 5.75 Å². The number of amides is 1. The predicted octanol–water partition coefficient (Wildman–Crippen LogP) is 2.57. The molecule has 0 aliphatic heterocycles. The van der Waals surface area contributed by atoms with E-state index in [-0.39, 0.29) is 11.9 Å². The van der Waals surface area contributed by atoms with Crippen LogP contribution in [0, 0.1) is 6.92 Å². The van der Waals surface area contributed by atoms with E-state index in [1.165, 1.54) is 0 Å². The van der Waals surface area contributed by atoms with Crippen LogP contribution < -0.4 is 15.8 Å². The molecule has 0 aliphatic rings. The lowest BCUT2D eigenvalue weighted by Crippen LogP contribution is -2.25. The molecule has 0 spiro atoms. The number of carbonyl (C=O) groups is 1. The van der Waals surface area contributed by atoms with Crippen LogP contribution in [0.1, 0.15) is 36.3 Å². The summed E-state index contributed by atoms with van der Waals surface area (Å²) >= 11 is 0. The minimum absolute atomic E-state index is 0.135. The van der Waals surface area contributed by atoms with Gasteiger partial charge in [0.2, 0.25) is 5.95 Å². The molecule has 0 bridgehead atoms. The fraction of sp³-hybridized carbons (Fsp3) is 0.353. The summed E-state index contributed by atoms with van der Waals surface area (Å²) < 4.78 is 5.78. The van der Waals surface area contributed by atoms with Crippen molar-refractivity contribution < 1.29 is 9.53 Å². The van der Waals surface area contributed by atoms with Crippen LogP contribution in [-0.4, -0.2) is 29.0 Å². The van der Waals surface area contributed by atoms with E-state index in [0.29, 0.717) is 35.9 Å². The summed E-state index contributed by atoms with van der Waals surface area (Å²) in [6.45, 7) is 6.77. The number of ether oxygens (including phenoxy) is 1. The number of nitrogens with two attached hydrogens (primary N) is 1. The van der Waals surface area contributed by atoms with Crippen molar-refractivity contribution in [2.24, 2.45) is 0 Å². The van der Waals surface area contributed by atoms with Crippen LogP contribution >= 0.6 is 0 Å². The quantitative estimate of drug-likeness (QED) is 0.855. The first-order valence-electron chi connectivity index (χ1n) is 7.73. The summed E-state index contributed by atoms with van der Waals surface area (Å²) in [6.07, 6.45) is 0.891. The van der Waals surface area contributed by atoms with Crippen LogP contribution in [0.25, 0.3) is 11.3 Å². The van der Waals surface area contributed by atoms with Crippen molar-refractivity contribution in [3.05, 3.63) is 35.5 Å². The molecule has 0 atom stereocenters. The molecular formula is C17H22N4O2. The molecule has 0 unspecified atom stereocenters. The van der Waals surface area contributed by atoms with Crippen molar-refractivity contribution in [1.29, 1.82) is 0 Å². The molecule has 1 heterocycles. The van der Waals surface area contributed by atoms with Gasteiger partial charge in [-0.25, -0.2) is 9.97 Å². The molecular weight excluding hydrogens is 292 g/mol. The number of nitrogens with one attached hydrogen (secondary N) is 1. The molecule has 6 nitrogen and oxygen atoms in total. The molecule has 0 aliphatic carbocycles. The highest BCUT2D eigenvalue weighted by molar-refractivity contribution is 6.01. The molecule has 122 valence electrons. The summed E-state index contributed by atoms with van der Waals surface area (Å²) in [5.74, 6) is 0.596. The third kappa shape index (κ3) is 3.77. The fourth-order valence-corrected chi connectivity index (χ4v) is 2.31. The number of hydrogen-bond acceptors (Lipinski definition) is 5. The summed E-state index contributed by atoms with van der Waals surface area (Å²) in [5.41, 5.74) is 7.99. The van der Waals surface area contributed by atoms with Gasteiger partial charge in [-0.2, -0.15) is 0 Å². The smallest absolute Gasteiger partial charge is 0.255 e. The highest BCUT2D eigenvalue weighted by atomic mass is 16.5. The first-order valence-corrected chi connectivity index (χ1v) is 7.73. The number of carbonyl (C=O) groups excluding carboxylic acids is 1. The number of hydrogen-bond donors (Lipinski definition) is 2. The normalized spacial score (nSPS) is 10.4. The number of benzene rings is 1. The van der Waals surface area contributed by atoms with Crippen molar-refractivity contribution in [2.75, 3.05) is 18.9 Å². The molecule has 6 heteroatoms. The average Bonchev–Trinajstić information content (AvgIpc) is 2.52. The van der Waals surface area contributed by atoms with Gasteiger partial charge in [0, 0.05) is 12.1 Å². The van der Waals surface area contributed by atoms with Gasteiger partial charge < -0.3 is 15.8 Å². The number of aromatic nitrogens is 2. The van der Waals surface area contributed by atoms with E-state index in [1.807, 2.05) is 38.1 Å². The van der Waals surface area contributed by atoms with Crippen molar-refractivity contribution in [3.8, 4) is 17.0 Å². The zero-order chi connectivity index (χ0) is 16.8. The van der Waals surface area contributed by atoms with Crippen LogP contribution in [0.5, 0.6) is 5.75 Å². The number of para-hydroxylation sites is 1. The fourth-order valence-electron chi connectivity index (χ4n) is 2.31. The van der Waals surface area contributed by atoms with Gasteiger partial charge in [0.15, 0.2) is 0 Å². The monoisotopic (exact) mass is 314 g/mol. The van der Waals surface area contributed by atoms with E-state index in [0.717, 1.165) is 12.0 Å². The van der Waals surface area contributed by atoms with Crippen LogP contribution in [-0.2, 0) is 0 Å². The Morgan fingerprint density at radius 1 is 1.26 bits per heavy atom. The summed E-state index contributed by atoms with van der Waals surface area (Å²) in [5, 5.41) is 2.79. The highest BCUT2D eigenvalue weighted by Crippen LogP contribution is 2.32. The molecule has 0 fully saturated rings. The number of anilines is 1. The maximum Gasteiger partial charge on any atom is 0.255 e. The van der Waals surface area contributed by atoms with Gasteiger partial charge in [-0.15, -0.1) is 0 Å². The van der Waals surface area contributed by atoms with Gasteiger partial charge in [-0.05, 0) is 32.4 Å². The van der Waals surface area contributed by atoms with Gasteiger partial charge in [0.05, 0.1) is 23.6 Å². The molecule has 1 aromatic heterocycles. The molecule has 0 radical (unpaired) electrons. The van der Waals surface area contributed by atoms with E-state index in [2.05, 4.69) is 15.3 Å². The van der Waals surface area contributed by atoms with E-state index < -0.39 is 0 Å². The van der Waals surface area contributed by atoms with Gasteiger partial charge in [-0.3, -0.25) is 4.79 Å². The highest BCUT2D eigenvalue weighted by Gasteiger charge is 2.21. The number of rotatable bonds is 6. The Morgan fingerprint density at radius 3 is 2.70 bits per heavy atom. The van der Waals surface area contributed by atoms with Gasteiger partial charge >= 0.3 is 0 Å². The Bertz CT molecular complexity index is 701. The minimum Gasteiger partial charge on any atom is -0.493 e. The van der Waals surface area contributed by atoms with Crippen molar-refractivity contribution in [1.82, 2.24) is 15.3 Å². The molecule has 23 heavy (non-hydrogen) atoms. The third-order valence-corrected chi connectivity index (χ3v) is 3.28. The molecule has 0 saturated carbocycles. The Hall–Kier alpha value is -2.63. The molecule has 2 aromatic rings. The minimum atomic E-state index is -0.217. The zero-order valence-electron chi connectivity index (χ0n) is 13.7.